The molecule has 0 unspecified atom stereocenters. The number of hydrogen-bond acceptors (Lipinski definition) is 3. The summed E-state index contributed by atoms with van der Waals surface area (Å²) in [7, 11) is 1.35. The van der Waals surface area contributed by atoms with Gasteiger partial charge in [0.05, 0.1) is 7.11 Å². The number of esters is 1. The lowest BCUT2D eigenvalue weighted by atomic mass is 10.3. The van der Waals surface area contributed by atoms with Crippen molar-refractivity contribution in [3.8, 4) is 0 Å². The highest BCUT2D eigenvalue weighted by Crippen LogP contribution is 2.09. The number of methoxy groups -OCH3 is 1. The molecule has 0 aliphatic heterocycles. The zero-order valence-electron chi connectivity index (χ0n) is 8.15. The van der Waals surface area contributed by atoms with Gasteiger partial charge in [-0.05, 0) is 19.4 Å². The largest absolute Gasteiger partial charge is 0.464 e. The first-order chi connectivity index (χ1) is 6.19. The van der Waals surface area contributed by atoms with Crippen LogP contribution in [0.15, 0.2) is 12.3 Å². The Morgan fingerprint density at radius 1 is 1.77 bits per heavy atom. The molecule has 0 aliphatic carbocycles. The van der Waals surface area contributed by atoms with Crippen molar-refractivity contribution in [2.75, 3.05) is 7.11 Å². The molecule has 0 amide bonds. The molecular formula is C9H14N2O2. The molecule has 0 saturated heterocycles. The predicted octanol–water partition coefficient (Wildman–Crippen LogP) is 1.64. The summed E-state index contributed by atoms with van der Waals surface area (Å²) in [4.78, 5) is 11.0. The van der Waals surface area contributed by atoms with Gasteiger partial charge in [0, 0.05) is 12.2 Å². The van der Waals surface area contributed by atoms with Crippen LogP contribution in [0.3, 0.4) is 0 Å². The number of nitrogens with zero attached hydrogens (tertiary/aromatic N) is 2. The normalized spacial score (nSPS) is 12.5. The van der Waals surface area contributed by atoms with Crippen molar-refractivity contribution in [1.82, 2.24) is 9.78 Å². The third-order valence-electron chi connectivity index (χ3n) is 2.05. The molecule has 4 heteroatoms. The summed E-state index contributed by atoms with van der Waals surface area (Å²) in [6, 6.07) is 1.98. The molecule has 0 N–H and O–H groups in total. The first-order valence-corrected chi connectivity index (χ1v) is 4.32. The maximum atomic E-state index is 11.0. The number of hydrogen-bond donors (Lipinski definition) is 0. The molecule has 0 fully saturated rings. The van der Waals surface area contributed by atoms with Crippen LogP contribution in [0.5, 0.6) is 0 Å². The number of rotatable bonds is 3. The van der Waals surface area contributed by atoms with Gasteiger partial charge in [0.15, 0.2) is 5.69 Å². The Bertz CT molecular complexity index is 294. The van der Waals surface area contributed by atoms with Crippen molar-refractivity contribution in [3.05, 3.63) is 18.0 Å². The number of carbonyl (C=O) groups excluding carboxylic acids is 1. The predicted molar refractivity (Wildman–Crippen MR) is 48.6 cm³/mol. The number of aromatic nitrogens is 2. The van der Waals surface area contributed by atoms with Crippen LogP contribution in [-0.2, 0) is 4.74 Å². The van der Waals surface area contributed by atoms with E-state index in [2.05, 4.69) is 16.8 Å². The summed E-state index contributed by atoms with van der Waals surface area (Å²) < 4.78 is 6.32. The fourth-order valence-electron chi connectivity index (χ4n) is 0.984. The quantitative estimate of drug-likeness (QED) is 0.667. The molecule has 0 bridgehead atoms. The molecule has 1 rings (SSSR count). The monoisotopic (exact) mass is 182 g/mol. The van der Waals surface area contributed by atoms with E-state index in [0.717, 1.165) is 6.42 Å². The molecular weight excluding hydrogens is 168 g/mol. The van der Waals surface area contributed by atoms with E-state index in [4.69, 9.17) is 0 Å². The third-order valence-corrected chi connectivity index (χ3v) is 2.05. The topological polar surface area (TPSA) is 44.1 Å². The van der Waals surface area contributed by atoms with E-state index in [-0.39, 0.29) is 5.97 Å². The lowest BCUT2D eigenvalue weighted by molar-refractivity contribution is 0.0592. The van der Waals surface area contributed by atoms with Crippen LogP contribution < -0.4 is 0 Å². The van der Waals surface area contributed by atoms with Gasteiger partial charge in [-0.15, -0.1) is 0 Å². The van der Waals surface area contributed by atoms with Crippen molar-refractivity contribution in [2.24, 2.45) is 0 Å². The Kier molecular flexibility index (Phi) is 3.06. The summed E-state index contributed by atoms with van der Waals surface area (Å²) in [5, 5.41) is 4.09. The Balaban J connectivity index is 2.80. The van der Waals surface area contributed by atoms with Crippen molar-refractivity contribution >= 4 is 5.97 Å². The zero-order chi connectivity index (χ0) is 9.84. The highest BCUT2D eigenvalue weighted by Gasteiger charge is 2.10. The highest BCUT2D eigenvalue weighted by atomic mass is 16.5. The maximum absolute atomic E-state index is 11.0. The molecule has 4 nitrogen and oxygen atoms in total. The fourth-order valence-corrected chi connectivity index (χ4v) is 0.984. The van der Waals surface area contributed by atoms with Gasteiger partial charge in [0.25, 0.3) is 0 Å². The molecule has 0 radical (unpaired) electrons. The van der Waals surface area contributed by atoms with E-state index < -0.39 is 0 Å². The molecule has 72 valence electrons. The summed E-state index contributed by atoms with van der Waals surface area (Å²) in [6.45, 7) is 4.12. The first kappa shape index (κ1) is 9.77. The second-order valence-electron chi connectivity index (χ2n) is 2.93. The van der Waals surface area contributed by atoms with E-state index >= 15 is 0 Å². The highest BCUT2D eigenvalue weighted by molar-refractivity contribution is 5.86. The molecule has 0 saturated carbocycles. The second-order valence-corrected chi connectivity index (χ2v) is 2.93. The standard InChI is InChI=1S/C9H14N2O2/c1-4-7(2)11-6-5-8(10-11)9(12)13-3/h5-7H,4H2,1-3H3/t7-/m0/s1. The Hall–Kier alpha value is -1.32. The average molecular weight is 182 g/mol. The minimum absolute atomic E-state index is 0.318. The fraction of sp³-hybridized carbons (Fsp3) is 0.556. The van der Waals surface area contributed by atoms with Gasteiger partial charge in [0.1, 0.15) is 0 Å². The minimum Gasteiger partial charge on any atom is -0.464 e. The van der Waals surface area contributed by atoms with E-state index in [1.807, 2.05) is 6.92 Å². The Morgan fingerprint density at radius 2 is 2.46 bits per heavy atom. The van der Waals surface area contributed by atoms with Crippen molar-refractivity contribution in [1.29, 1.82) is 0 Å². The van der Waals surface area contributed by atoms with Gasteiger partial charge < -0.3 is 4.74 Å². The minimum atomic E-state index is -0.387. The molecule has 0 aliphatic rings. The molecule has 1 heterocycles. The van der Waals surface area contributed by atoms with Crippen LogP contribution in [0.4, 0.5) is 0 Å². The van der Waals surface area contributed by atoms with Gasteiger partial charge in [0.2, 0.25) is 0 Å². The number of carbonyl (C=O) groups is 1. The summed E-state index contributed by atoms with van der Waals surface area (Å²) >= 11 is 0. The smallest absolute Gasteiger partial charge is 0.358 e. The molecule has 0 aromatic carbocycles. The Labute approximate surface area is 77.5 Å². The van der Waals surface area contributed by atoms with E-state index in [1.54, 1.807) is 16.9 Å². The molecule has 1 aromatic heterocycles. The maximum Gasteiger partial charge on any atom is 0.358 e. The molecule has 1 atom stereocenters. The van der Waals surface area contributed by atoms with E-state index in [1.165, 1.54) is 7.11 Å². The van der Waals surface area contributed by atoms with Crippen LogP contribution in [-0.4, -0.2) is 22.9 Å². The van der Waals surface area contributed by atoms with Gasteiger partial charge in [-0.25, -0.2) is 4.79 Å². The average Bonchev–Trinajstić information content (AvgIpc) is 2.64. The van der Waals surface area contributed by atoms with Gasteiger partial charge >= 0.3 is 5.97 Å². The van der Waals surface area contributed by atoms with Crippen LogP contribution in [0.1, 0.15) is 36.8 Å². The van der Waals surface area contributed by atoms with Gasteiger partial charge in [-0.2, -0.15) is 5.10 Å². The van der Waals surface area contributed by atoms with Crippen molar-refractivity contribution < 1.29 is 9.53 Å². The van der Waals surface area contributed by atoms with Gasteiger partial charge in [-0.3, -0.25) is 4.68 Å². The van der Waals surface area contributed by atoms with E-state index in [9.17, 15) is 4.79 Å². The summed E-state index contributed by atoms with van der Waals surface area (Å²) in [5.41, 5.74) is 0.364. The van der Waals surface area contributed by atoms with E-state index in [0.29, 0.717) is 11.7 Å². The summed E-state index contributed by atoms with van der Waals surface area (Å²) in [6.07, 6.45) is 2.78. The van der Waals surface area contributed by atoms with Gasteiger partial charge in [-0.1, -0.05) is 6.92 Å². The molecule has 0 spiro atoms. The zero-order valence-corrected chi connectivity index (χ0v) is 8.15. The van der Waals surface area contributed by atoms with Crippen LogP contribution >= 0.6 is 0 Å². The van der Waals surface area contributed by atoms with Crippen molar-refractivity contribution in [3.63, 3.8) is 0 Å². The first-order valence-electron chi connectivity index (χ1n) is 4.32. The lowest BCUT2D eigenvalue weighted by Crippen LogP contribution is -2.07. The van der Waals surface area contributed by atoms with Crippen molar-refractivity contribution in [2.45, 2.75) is 26.3 Å². The number of ether oxygens (including phenoxy) is 1. The van der Waals surface area contributed by atoms with Crippen LogP contribution in [0.2, 0.25) is 0 Å². The lowest BCUT2D eigenvalue weighted by Gasteiger charge is -2.07. The SMILES string of the molecule is CC[C@H](C)n1ccc(C(=O)OC)n1. The summed E-state index contributed by atoms with van der Waals surface area (Å²) in [5.74, 6) is -0.387. The van der Waals surface area contributed by atoms with Crippen LogP contribution in [0, 0.1) is 0 Å². The molecule has 13 heavy (non-hydrogen) atoms. The third kappa shape index (κ3) is 2.08. The Morgan fingerprint density at radius 3 is 3.00 bits per heavy atom. The van der Waals surface area contributed by atoms with Crippen LogP contribution in [0.25, 0.3) is 0 Å². The molecule has 1 aromatic rings. The second kappa shape index (κ2) is 4.07.